The van der Waals surface area contributed by atoms with E-state index >= 15 is 0 Å². The van der Waals surface area contributed by atoms with Crippen molar-refractivity contribution in [2.75, 3.05) is 31.2 Å². The van der Waals surface area contributed by atoms with Crippen LogP contribution in [0.1, 0.15) is 0 Å². The number of pyridine rings is 1. The number of anilines is 1. The predicted molar refractivity (Wildman–Crippen MR) is 126 cm³/mol. The fourth-order valence-electron chi connectivity index (χ4n) is 3.64. The van der Waals surface area contributed by atoms with E-state index < -0.39 is 7.60 Å². The van der Waals surface area contributed by atoms with Gasteiger partial charge in [0.15, 0.2) is 5.65 Å². The SMILES string of the molecule is O=P(O)(O)c1cccc(Oc2nc3cc(Cl)c(-c4ccc(N5CCOCC5)cc4)nc3[nH]2)c1. The highest BCUT2D eigenvalue weighted by atomic mass is 35.5. The van der Waals surface area contributed by atoms with Gasteiger partial charge < -0.3 is 24.2 Å². The number of benzene rings is 2. The first-order chi connectivity index (χ1) is 15.9. The monoisotopic (exact) mass is 486 g/mol. The predicted octanol–water partition coefficient (Wildman–Crippen LogP) is 3.71. The third kappa shape index (κ3) is 4.73. The van der Waals surface area contributed by atoms with E-state index in [0.717, 1.165) is 37.6 Å². The topological polar surface area (TPSA) is 121 Å². The first-order valence-corrected chi connectivity index (χ1v) is 12.2. The number of fused-ring (bicyclic) bond motifs is 1. The Labute approximate surface area is 194 Å². The van der Waals surface area contributed by atoms with Gasteiger partial charge in [-0.2, -0.15) is 4.98 Å². The van der Waals surface area contributed by atoms with E-state index in [4.69, 9.17) is 21.1 Å². The van der Waals surface area contributed by atoms with Gasteiger partial charge in [0, 0.05) is 24.3 Å². The highest BCUT2D eigenvalue weighted by molar-refractivity contribution is 7.60. The molecule has 0 radical (unpaired) electrons. The van der Waals surface area contributed by atoms with Gasteiger partial charge >= 0.3 is 13.6 Å². The van der Waals surface area contributed by atoms with Crippen molar-refractivity contribution in [1.29, 1.82) is 0 Å². The van der Waals surface area contributed by atoms with Crippen LogP contribution in [-0.4, -0.2) is 51.0 Å². The lowest BCUT2D eigenvalue weighted by molar-refractivity contribution is 0.122. The number of H-pyrrole nitrogens is 1. The van der Waals surface area contributed by atoms with Crippen molar-refractivity contribution < 1.29 is 23.8 Å². The van der Waals surface area contributed by atoms with Gasteiger partial charge in [-0.3, -0.25) is 9.55 Å². The largest absolute Gasteiger partial charge is 0.426 e. The molecule has 0 spiro atoms. The molecule has 0 saturated carbocycles. The van der Waals surface area contributed by atoms with Gasteiger partial charge in [-0.1, -0.05) is 29.8 Å². The number of nitrogens with zero attached hydrogens (tertiary/aromatic N) is 3. The molecule has 1 aliphatic heterocycles. The van der Waals surface area contributed by atoms with Crippen LogP contribution < -0.4 is 14.9 Å². The van der Waals surface area contributed by atoms with Gasteiger partial charge in [-0.05, 0) is 36.4 Å². The Morgan fingerprint density at radius 3 is 2.55 bits per heavy atom. The molecule has 4 aromatic rings. The number of hydrogen-bond acceptors (Lipinski definition) is 6. The Morgan fingerprint density at radius 2 is 1.82 bits per heavy atom. The second kappa shape index (κ2) is 8.78. The highest BCUT2D eigenvalue weighted by Crippen LogP contribution is 2.35. The zero-order valence-electron chi connectivity index (χ0n) is 17.3. The molecule has 0 bridgehead atoms. The molecule has 5 rings (SSSR count). The highest BCUT2D eigenvalue weighted by Gasteiger charge is 2.18. The summed E-state index contributed by atoms with van der Waals surface area (Å²) in [5, 5.41) is 0.309. The number of ether oxygens (including phenoxy) is 2. The fraction of sp³-hybridized carbons (Fsp3) is 0.182. The van der Waals surface area contributed by atoms with Crippen LogP contribution in [0.4, 0.5) is 5.69 Å². The number of nitrogens with one attached hydrogen (secondary N) is 1. The molecule has 1 saturated heterocycles. The summed E-state index contributed by atoms with van der Waals surface area (Å²) in [6.45, 7) is 3.16. The normalized spacial score (nSPS) is 14.6. The first-order valence-electron chi connectivity index (χ1n) is 10.2. The Hall–Kier alpha value is -2.94. The first kappa shape index (κ1) is 21.9. The summed E-state index contributed by atoms with van der Waals surface area (Å²) in [5.74, 6) is 0.236. The van der Waals surface area contributed by atoms with Crippen molar-refractivity contribution in [1.82, 2.24) is 15.0 Å². The molecular weight excluding hydrogens is 467 g/mol. The number of hydrogen-bond donors (Lipinski definition) is 3. The van der Waals surface area contributed by atoms with Crippen molar-refractivity contribution in [2.45, 2.75) is 0 Å². The summed E-state index contributed by atoms with van der Waals surface area (Å²) in [4.78, 5) is 32.9. The summed E-state index contributed by atoms with van der Waals surface area (Å²) in [6, 6.07) is 15.6. The molecule has 33 heavy (non-hydrogen) atoms. The van der Waals surface area contributed by atoms with Crippen molar-refractivity contribution in [3.05, 3.63) is 59.6 Å². The van der Waals surface area contributed by atoms with Crippen LogP contribution >= 0.6 is 19.2 Å². The summed E-state index contributed by atoms with van der Waals surface area (Å²) in [6.07, 6.45) is 0. The molecule has 0 unspecified atom stereocenters. The number of rotatable bonds is 5. The molecule has 0 aliphatic carbocycles. The van der Waals surface area contributed by atoms with Crippen LogP contribution in [0, 0.1) is 0 Å². The lowest BCUT2D eigenvalue weighted by Crippen LogP contribution is -2.36. The van der Waals surface area contributed by atoms with Crippen LogP contribution in [0.5, 0.6) is 11.8 Å². The van der Waals surface area contributed by atoms with Gasteiger partial charge in [0.25, 0.3) is 0 Å². The van der Waals surface area contributed by atoms with E-state index in [0.29, 0.717) is 21.9 Å². The Morgan fingerprint density at radius 1 is 1.06 bits per heavy atom. The van der Waals surface area contributed by atoms with Crippen molar-refractivity contribution in [2.24, 2.45) is 0 Å². The molecule has 11 heteroatoms. The molecule has 2 aromatic carbocycles. The average molecular weight is 487 g/mol. The molecule has 3 heterocycles. The number of aromatic nitrogens is 3. The van der Waals surface area contributed by atoms with Crippen LogP contribution in [0.25, 0.3) is 22.4 Å². The third-order valence-electron chi connectivity index (χ3n) is 5.29. The number of imidazole rings is 1. The molecule has 0 atom stereocenters. The Bertz CT molecular complexity index is 1350. The Balaban J connectivity index is 1.41. The van der Waals surface area contributed by atoms with Crippen LogP contribution in [-0.2, 0) is 9.30 Å². The fourth-order valence-corrected chi connectivity index (χ4v) is 4.47. The lowest BCUT2D eigenvalue weighted by atomic mass is 10.1. The number of halogens is 1. The summed E-state index contributed by atoms with van der Waals surface area (Å²) < 4.78 is 22.5. The second-order valence-electron chi connectivity index (χ2n) is 7.52. The van der Waals surface area contributed by atoms with E-state index in [2.05, 4.69) is 19.9 Å². The standard InChI is InChI=1S/C22H20ClN4O5P/c23-18-13-19-21(26-22(24-19)32-16-2-1-3-17(12-16)33(28,29)30)25-20(18)14-4-6-15(7-5-14)27-8-10-31-11-9-27/h1-7,12-13H,8-11H2,(H,24,25,26)(H2,28,29,30). The minimum Gasteiger partial charge on any atom is -0.426 e. The summed E-state index contributed by atoms with van der Waals surface area (Å²) in [7, 11) is -4.39. The van der Waals surface area contributed by atoms with Crippen molar-refractivity contribution in [3.63, 3.8) is 0 Å². The van der Waals surface area contributed by atoms with E-state index in [1.807, 2.05) is 24.3 Å². The Kier molecular flexibility index (Phi) is 5.82. The van der Waals surface area contributed by atoms with Gasteiger partial charge in [0.05, 0.1) is 29.2 Å². The minimum atomic E-state index is -4.39. The molecule has 9 nitrogen and oxygen atoms in total. The van der Waals surface area contributed by atoms with Crippen LogP contribution in [0.2, 0.25) is 5.02 Å². The lowest BCUT2D eigenvalue weighted by Gasteiger charge is -2.28. The zero-order chi connectivity index (χ0) is 23.0. The molecule has 170 valence electrons. The maximum atomic E-state index is 11.5. The van der Waals surface area contributed by atoms with Crippen LogP contribution in [0.3, 0.4) is 0 Å². The minimum absolute atomic E-state index is 0.135. The van der Waals surface area contributed by atoms with Gasteiger partial charge in [0.1, 0.15) is 11.3 Å². The van der Waals surface area contributed by atoms with Crippen molar-refractivity contribution in [3.8, 4) is 23.0 Å². The van der Waals surface area contributed by atoms with Gasteiger partial charge in [-0.25, -0.2) is 4.98 Å². The van der Waals surface area contributed by atoms with Gasteiger partial charge in [0.2, 0.25) is 0 Å². The van der Waals surface area contributed by atoms with Gasteiger partial charge in [-0.15, -0.1) is 0 Å². The zero-order valence-corrected chi connectivity index (χ0v) is 19.0. The molecule has 1 fully saturated rings. The molecular formula is C22H20ClN4O5P. The van der Waals surface area contributed by atoms with E-state index in [1.54, 1.807) is 12.1 Å². The maximum Gasteiger partial charge on any atom is 0.356 e. The molecule has 1 aliphatic rings. The molecule has 2 aromatic heterocycles. The number of aromatic amines is 1. The second-order valence-corrected chi connectivity index (χ2v) is 9.53. The maximum absolute atomic E-state index is 11.5. The van der Waals surface area contributed by atoms with E-state index in [-0.39, 0.29) is 17.1 Å². The number of morpholine rings is 1. The third-order valence-corrected chi connectivity index (χ3v) is 6.53. The quantitative estimate of drug-likeness (QED) is 0.365. The average Bonchev–Trinajstić information content (AvgIpc) is 3.20. The molecule has 0 amide bonds. The smallest absolute Gasteiger partial charge is 0.356 e. The summed E-state index contributed by atoms with van der Waals surface area (Å²) in [5.41, 5.74) is 3.58. The van der Waals surface area contributed by atoms with Crippen LogP contribution in [0.15, 0.2) is 54.6 Å². The van der Waals surface area contributed by atoms with E-state index in [1.165, 1.54) is 18.2 Å². The molecule has 3 N–H and O–H groups in total. The van der Waals surface area contributed by atoms with Crippen molar-refractivity contribution >= 4 is 41.4 Å². The van der Waals surface area contributed by atoms with E-state index in [9.17, 15) is 14.4 Å². The summed E-state index contributed by atoms with van der Waals surface area (Å²) >= 11 is 6.50.